The van der Waals surface area contributed by atoms with Crippen LogP contribution in [0.5, 0.6) is 0 Å². The molecule has 0 aliphatic rings. The predicted octanol–water partition coefficient (Wildman–Crippen LogP) is 1.28. The Balaban J connectivity index is 2.26. The molecule has 2 heterocycles. The van der Waals surface area contributed by atoms with Crippen molar-refractivity contribution in [3.63, 3.8) is 0 Å². The van der Waals surface area contributed by atoms with Crippen molar-refractivity contribution in [2.45, 2.75) is 0 Å². The van der Waals surface area contributed by atoms with Crippen molar-refractivity contribution in [2.24, 2.45) is 0 Å². The number of rotatable bonds is 1. The first-order chi connectivity index (χ1) is 8.74. The summed E-state index contributed by atoms with van der Waals surface area (Å²) in [6.45, 7) is 0. The van der Waals surface area contributed by atoms with Crippen molar-refractivity contribution in [2.75, 3.05) is 0 Å². The van der Waals surface area contributed by atoms with Crippen LogP contribution in [0.15, 0.2) is 52.3 Å². The molecular formula is C13H9N3O2. The summed E-state index contributed by atoms with van der Waals surface area (Å²) >= 11 is 0. The number of nitrogens with one attached hydrogen (secondary N) is 2. The third-order valence-electron chi connectivity index (χ3n) is 2.74. The second kappa shape index (κ2) is 3.96. The molecule has 0 saturated carbocycles. The molecule has 0 amide bonds. The Kier molecular flexibility index (Phi) is 2.30. The van der Waals surface area contributed by atoms with Crippen LogP contribution >= 0.6 is 0 Å². The smallest absolute Gasteiger partial charge is 0.314 e. The van der Waals surface area contributed by atoms with Gasteiger partial charge in [-0.3, -0.25) is 14.6 Å². The largest absolute Gasteiger partial charge is 0.316 e. The number of hydrogen-bond acceptors (Lipinski definition) is 3. The molecule has 0 spiro atoms. The number of hydrogen-bond donors (Lipinski definition) is 2. The molecule has 0 bridgehead atoms. The zero-order valence-electron chi connectivity index (χ0n) is 9.31. The van der Waals surface area contributed by atoms with E-state index in [9.17, 15) is 9.59 Å². The molecule has 88 valence electrons. The van der Waals surface area contributed by atoms with E-state index in [1.165, 1.54) is 0 Å². The van der Waals surface area contributed by atoms with Gasteiger partial charge in [-0.1, -0.05) is 6.07 Å². The Bertz CT molecular complexity index is 819. The quantitative estimate of drug-likeness (QED) is 0.628. The first-order valence-corrected chi connectivity index (χ1v) is 5.41. The van der Waals surface area contributed by atoms with Crippen LogP contribution in [-0.4, -0.2) is 15.0 Å². The Labute approximate surface area is 101 Å². The summed E-state index contributed by atoms with van der Waals surface area (Å²) in [5, 5.41) is 0. The van der Waals surface area contributed by atoms with E-state index in [1.807, 2.05) is 24.3 Å². The van der Waals surface area contributed by atoms with Crippen LogP contribution in [-0.2, 0) is 0 Å². The van der Waals surface area contributed by atoms with Crippen LogP contribution in [0.4, 0.5) is 0 Å². The average Bonchev–Trinajstić information content (AvgIpc) is 2.41. The molecule has 5 heteroatoms. The van der Waals surface area contributed by atoms with Crippen molar-refractivity contribution >= 4 is 11.0 Å². The van der Waals surface area contributed by atoms with Gasteiger partial charge in [-0.15, -0.1) is 0 Å². The zero-order valence-corrected chi connectivity index (χ0v) is 9.31. The molecule has 0 saturated heterocycles. The summed E-state index contributed by atoms with van der Waals surface area (Å²) in [4.78, 5) is 31.5. The second-order valence-corrected chi connectivity index (χ2v) is 3.90. The number of nitrogens with zero attached hydrogens (tertiary/aromatic N) is 1. The van der Waals surface area contributed by atoms with Crippen molar-refractivity contribution in [1.29, 1.82) is 0 Å². The maximum Gasteiger partial charge on any atom is 0.314 e. The van der Waals surface area contributed by atoms with Crippen LogP contribution in [0.2, 0.25) is 0 Å². The molecule has 0 unspecified atom stereocenters. The number of fused-ring (bicyclic) bond motifs is 1. The van der Waals surface area contributed by atoms with Crippen molar-refractivity contribution in [3.05, 3.63) is 63.4 Å². The number of benzene rings is 1. The highest BCUT2D eigenvalue weighted by atomic mass is 16.2. The van der Waals surface area contributed by atoms with Gasteiger partial charge in [0.2, 0.25) is 0 Å². The minimum atomic E-state index is -0.644. The van der Waals surface area contributed by atoms with E-state index in [0.29, 0.717) is 11.0 Å². The highest BCUT2D eigenvalue weighted by Gasteiger charge is 2.02. The van der Waals surface area contributed by atoms with Crippen LogP contribution in [0, 0.1) is 0 Å². The van der Waals surface area contributed by atoms with Crippen LogP contribution in [0.3, 0.4) is 0 Å². The highest BCUT2D eigenvalue weighted by Crippen LogP contribution is 2.20. The van der Waals surface area contributed by atoms with Crippen LogP contribution < -0.4 is 11.1 Å². The number of pyridine rings is 1. The first kappa shape index (κ1) is 10.5. The summed E-state index contributed by atoms with van der Waals surface area (Å²) in [6.07, 6.45) is 3.41. The lowest BCUT2D eigenvalue weighted by atomic mass is 10.1. The summed E-state index contributed by atoms with van der Waals surface area (Å²) in [5.74, 6) is 0. The monoisotopic (exact) mass is 239 g/mol. The fourth-order valence-electron chi connectivity index (χ4n) is 1.84. The van der Waals surface area contributed by atoms with Gasteiger partial charge >= 0.3 is 11.1 Å². The fourth-order valence-corrected chi connectivity index (χ4v) is 1.84. The molecular weight excluding hydrogens is 230 g/mol. The fraction of sp³-hybridized carbons (Fsp3) is 0. The summed E-state index contributed by atoms with van der Waals surface area (Å²) < 4.78 is 0. The molecule has 0 radical (unpaired) electrons. The third kappa shape index (κ3) is 1.71. The Morgan fingerprint density at radius 2 is 1.44 bits per heavy atom. The second-order valence-electron chi connectivity index (χ2n) is 3.90. The van der Waals surface area contributed by atoms with E-state index in [2.05, 4.69) is 15.0 Å². The van der Waals surface area contributed by atoms with E-state index in [1.54, 1.807) is 18.5 Å². The molecule has 2 aromatic heterocycles. The SMILES string of the molecule is O=c1[nH]c2ccc(-c3ccncc3)cc2[nH]c1=O. The molecule has 1 aromatic carbocycles. The van der Waals surface area contributed by atoms with Gasteiger partial charge in [0.05, 0.1) is 11.0 Å². The van der Waals surface area contributed by atoms with Gasteiger partial charge in [0.1, 0.15) is 0 Å². The van der Waals surface area contributed by atoms with Gasteiger partial charge in [0.15, 0.2) is 0 Å². The third-order valence-corrected chi connectivity index (χ3v) is 2.74. The first-order valence-electron chi connectivity index (χ1n) is 5.41. The van der Waals surface area contributed by atoms with Gasteiger partial charge in [-0.05, 0) is 35.4 Å². The van der Waals surface area contributed by atoms with E-state index in [-0.39, 0.29) is 0 Å². The summed E-state index contributed by atoms with van der Waals surface area (Å²) in [5.41, 5.74) is 1.88. The molecule has 0 aliphatic heterocycles. The predicted molar refractivity (Wildman–Crippen MR) is 68.4 cm³/mol. The van der Waals surface area contributed by atoms with Crippen LogP contribution in [0.1, 0.15) is 0 Å². The van der Waals surface area contributed by atoms with Gasteiger partial charge in [0.25, 0.3) is 0 Å². The minimum absolute atomic E-state index is 0.605. The standard InChI is InChI=1S/C13H9N3O2/c17-12-13(18)16-11-7-9(1-2-10(11)15-12)8-3-5-14-6-4-8/h1-7H,(H,15,17)(H,16,18). The van der Waals surface area contributed by atoms with E-state index < -0.39 is 11.1 Å². The molecule has 3 rings (SSSR count). The minimum Gasteiger partial charge on any atom is -0.316 e. The molecule has 2 N–H and O–H groups in total. The van der Waals surface area contributed by atoms with E-state index in [4.69, 9.17) is 0 Å². The van der Waals surface area contributed by atoms with Crippen molar-refractivity contribution in [1.82, 2.24) is 15.0 Å². The molecule has 5 nitrogen and oxygen atoms in total. The zero-order chi connectivity index (χ0) is 12.5. The molecule has 3 aromatic rings. The molecule has 0 atom stereocenters. The highest BCUT2D eigenvalue weighted by molar-refractivity contribution is 5.80. The van der Waals surface area contributed by atoms with Crippen molar-refractivity contribution in [3.8, 4) is 11.1 Å². The number of H-pyrrole nitrogens is 2. The lowest BCUT2D eigenvalue weighted by Crippen LogP contribution is -2.28. The summed E-state index contributed by atoms with van der Waals surface area (Å²) in [6, 6.07) is 9.23. The topological polar surface area (TPSA) is 78.6 Å². The maximum atomic E-state index is 11.3. The molecule has 18 heavy (non-hydrogen) atoms. The van der Waals surface area contributed by atoms with Gasteiger partial charge in [0, 0.05) is 12.4 Å². The normalized spacial score (nSPS) is 10.7. The van der Waals surface area contributed by atoms with Gasteiger partial charge < -0.3 is 9.97 Å². The average molecular weight is 239 g/mol. The van der Waals surface area contributed by atoms with E-state index in [0.717, 1.165) is 11.1 Å². The molecule has 0 fully saturated rings. The van der Waals surface area contributed by atoms with Gasteiger partial charge in [-0.2, -0.15) is 0 Å². The molecule has 0 aliphatic carbocycles. The maximum absolute atomic E-state index is 11.3. The van der Waals surface area contributed by atoms with Gasteiger partial charge in [-0.25, -0.2) is 0 Å². The van der Waals surface area contributed by atoms with E-state index >= 15 is 0 Å². The Morgan fingerprint density at radius 3 is 2.17 bits per heavy atom. The lowest BCUT2D eigenvalue weighted by Gasteiger charge is -2.03. The van der Waals surface area contributed by atoms with Crippen molar-refractivity contribution < 1.29 is 0 Å². The van der Waals surface area contributed by atoms with Crippen LogP contribution in [0.25, 0.3) is 22.2 Å². The summed E-state index contributed by atoms with van der Waals surface area (Å²) in [7, 11) is 0. The lowest BCUT2D eigenvalue weighted by molar-refractivity contribution is 1.15. The number of aromatic amines is 2. The Hall–Kier alpha value is -2.69. The number of aromatic nitrogens is 3. The Morgan fingerprint density at radius 1 is 0.778 bits per heavy atom.